The lowest BCUT2D eigenvalue weighted by atomic mass is 10.1. The topological polar surface area (TPSA) is 71.5 Å². The quantitative estimate of drug-likeness (QED) is 0.818. The van der Waals surface area contributed by atoms with Crippen LogP contribution in [0.25, 0.3) is 0 Å². The highest BCUT2D eigenvalue weighted by Crippen LogP contribution is 2.16. The lowest BCUT2D eigenvalue weighted by Crippen LogP contribution is -2.08. The largest absolute Gasteiger partial charge is 0.477 e. The van der Waals surface area contributed by atoms with Crippen molar-refractivity contribution in [2.75, 3.05) is 19.0 Å². The second-order valence-corrected chi connectivity index (χ2v) is 4.57. The SMILES string of the molecule is COCCc1ccccc1NCc1cccc(C(=O)O)n1. The first-order valence-corrected chi connectivity index (χ1v) is 6.70. The van der Waals surface area contributed by atoms with Crippen molar-refractivity contribution in [2.45, 2.75) is 13.0 Å². The molecule has 0 saturated carbocycles. The van der Waals surface area contributed by atoms with Gasteiger partial charge in [-0.2, -0.15) is 0 Å². The summed E-state index contributed by atoms with van der Waals surface area (Å²) < 4.78 is 5.10. The van der Waals surface area contributed by atoms with Crippen molar-refractivity contribution in [3.63, 3.8) is 0 Å². The van der Waals surface area contributed by atoms with Gasteiger partial charge in [0.15, 0.2) is 0 Å². The molecule has 5 heteroatoms. The van der Waals surface area contributed by atoms with Gasteiger partial charge in [0.25, 0.3) is 0 Å². The second kappa shape index (κ2) is 7.40. The number of aromatic nitrogens is 1. The van der Waals surface area contributed by atoms with Crippen molar-refractivity contribution >= 4 is 11.7 Å². The lowest BCUT2D eigenvalue weighted by Gasteiger charge is -2.11. The zero-order valence-corrected chi connectivity index (χ0v) is 11.9. The van der Waals surface area contributed by atoms with Crippen molar-refractivity contribution in [3.05, 3.63) is 59.4 Å². The Labute approximate surface area is 123 Å². The number of carbonyl (C=O) groups is 1. The molecule has 2 aromatic rings. The molecule has 110 valence electrons. The first-order chi connectivity index (χ1) is 10.2. The molecule has 0 radical (unpaired) electrons. The average Bonchev–Trinajstić information content (AvgIpc) is 2.52. The number of nitrogens with zero attached hydrogens (tertiary/aromatic N) is 1. The summed E-state index contributed by atoms with van der Waals surface area (Å²) in [7, 11) is 1.68. The zero-order valence-electron chi connectivity index (χ0n) is 11.9. The predicted molar refractivity (Wildman–Crippen MR) is 80.5 cm³/mol. The summed E-state index contributed by atoms with van der Waals surface area (Å²) in [5, 5.41) is 12.2. The van der Waals surface area contributed by atoms with Crippen LogP contribution in [0.4, 0.5) is 5.69 Å². The van der Waals surface area contributed by atoms with Gasteiger partial charge in [-0.3, -0.25) is 0 Å². The van der Waals surface area contributed by atoms with Crippen LogP contribution in [0.15, 0.2) is 42.5 Å². The van der Waals surface area contributed by atoms with Crippen LogP contribution in [0.5, 0.6) is 0 Å². The van der Waals surface area contributed by atoms with Crippen molar-refractivity contribution in [1.29, 1.82) is 0 Å². The predicted octanol–water partition coefficient (Wildman–Crippen LogP) is 2.58. The number of aromatic carboxylic acids is 1. The van der Waals surface area contributed by atoms with Gasteiger partial charge in [0, 0.05) is 12.8 Å². The van der Waals surface area contributed by atoms with E-state index in [0.29, 0.717) is 18.8 Å². The number of carboxylic acids is 1. The summed E-state index contributed by atoms with van der Waals surface area (Å²) in [6.07, 6.45) is 0.822. The molecular formula is C16H18N2O3. The summed E-state index contributed by atoms with van der Waals surface area (Å²) >= 11 is 0. The summed E-state index contributed by atoms with van der Waals surface area (Å²) in [4.78, 5) is 15.0. The van der Waals surface area contributed by atoms with Crippen molar-refractivity contribution in [2.24, 2.45) is 0 Å². The Bertz CT molecular complexity index is 614. The minimum Gasteiger partial charge on any atom is -0.477 e. The van der Waals surface area contributed by atoms with E-state index in [0.717, 1.165) is 17.7 Å². The molecule has 0 amide bonds. The Morgan fingerprint density at radius 2 is 2.05 bits per heavy atom. The molecule has 1 aromatic heterocycles. The van der Waals surface area contributed by atoms with Crippen LogP contribution in [0.3, 0.4) is 0 Å². The smallest absolute Gasteiger partial charge is 0.354 e. The van der Waals surface area contributed by atoms with Crippen molar-refractivity contribution in [3.8, 4) is 0 Å². The minimum atomic E-state index is -1.02. The molecule has 1 heterocycles. The van der Waals surface area contributed by atoms with Crippen molar-refractivity contribution in [1.82, 2.24) is 4.98 Å². The van der Waals surface area contributed by atoms with E-state index in [4.69, 9.17) is 9.84 Å². The Morgan fingerprint density at radius 1 is 1.24 bits per heavy atom. The highest BCUT2D eigenvalue weighted by molar-refractivity contribution is 5.85. The normalized spacial score (nSPS) is 10.3. The number of carboxylic acid groups (broad SMARTS) is 1. The molecule has 5 nitrogen and oxygen atoms in total. The summed E-state index contributed by atoms with van der Waals surface area (Å²) in [5.74, 6) is -1.02. The summed E-state index contributed by atoms with van der Waals surface area (Å²) in [6.45, 7) is 1.14. The van der Waals surface area contributed by atoms with Crippen LogP contribution in [0, 0.1) is 0 Å². The van der Waals surface area contributed by atoms with Crippen molar-refractivity contribution < 1.29 is 14.6 Å². The third-order valence-corrected chi connectivity index (χ3v) is 3.08. The maximum Gasteiger partial charge on any atom is 0.354 e. The molecule has 0 aliphatic heterocycles. The Hall–Kier alpha value is -2.40. The van der Waals surface area contributed by atoms with E-state index in [9.17, 15) is 4.79 Å². The van der Waals surface area contributed by atoms with Gasteiger partial charge in [0.2, 0.25) is 0 Å². The first-order valence-electron chi connectivity index (χ1n) is 6.70. The van der Waals surface area contributed by atoms with Crippen LogP contribution in [-0.2, 0) is 17.7 Å². The average molecular weight is 286 g/mol. The van der Waals surface area contributed by atoms with Crippen LogP contribution in [0.2, 0.25) is 0 Å². The third-order valence-electron chi connectivity index (χ3n) is 3.08. The van der Waals surface area contributed by atoms with Crippen LogP contribution < -0.4 is 5.32 Å². The Morgan fingerprint density at radius 3 is 2.81 bits per heavy atom. The maximum atomic E-state index is 10.9. The molecule has 1 aromatic carbocycles. The van der Waals surface area contributed by atoms with E-state index in [1.54, 1.807) is 19.2 Å². The van der Waals surface area contributed by atoms with Gasteiger partial charge < -0.3 is 15.2 Å². The summed E-state index contributed by atoms with van der Waals surface area (Å²) in [6, 6.07) is 13.0. The van der Waals surface area contributed by atoms with Gasteiger partial charge in [0.05, 0.1) is 18.8 Å². The number of hydrogen-bond acceptors (Lipinski definition) is 4. The van der Waals surface area contributed by atoms with E-state index in [1.807, 2.05) is 24.3 Å². The van der Waals surface area contributed by atoms with Gasteiger partial charge in [-0.1, -0.05) is 24.3 Å². The van der Waals surface area contributed by atoms with Gasteiger partial charge >= 0.3 is 5.97 Å². The number of ether oxygens (including phenoxy) is 1. The molecule has 0 unspecified atom stereocenters. The van der Waals surface area contributed by atoms with Gasteiger partial charge in [-0.25, -0.2) is 9.78 Å². The molecular weight excluding hydrogens is 268 g/mol. The number of methoxy groups -OCH3 is 1. The molecule has 0 spiro atoms. The van der Waals surface area contributed by atoms with Crippen LogP contribution in [0.1, 0.15) is 21.7 Å². The number of rotatable bonds is 7. The number of benzene rings is 1. The van der Waals surface area contributed by atoms with E-state index in [2.05, 4.69) is 10.3 Å². The van der Waals surface area contributed by atoms with Crippen LogP contribution >= 0.6 is 0 Å². The van der Waals surface area contributed by atoms with Crippen LogP contribution in [-0.4, -0.2) is 29.8 Å². The highest BCUT2D eigenvalue weighted by atomic mass is 16.5. The fourth-order valence-electron chi connectivity index (χ4n) is 2.01. The first kappa shape index (κ1) is 15.0. The highest BCUT2D eigenvalue weighted by Gasteiger charge is 2.06. The van der Waals surface area contributed by atoms with Gasteiger partial charge in [-0.15, -0.1) is 0 Å². The fourth-order valence-corrected chi connectivity index (χ4v) is 2.01. The van der Waals surface area contributed by atoms with E-state index in [-0.39, 0.29) is 5.69 Å². The second-order valence-electron chi connectivity index (χ2n) is 4.57. The number of pyridine rings is 1. The van der Waals surface area contributed by atoms with Gasteiger partial charge in [-0.05, 0) is 30.2 Å². The fraction of sp³-hybridized carbons (Fsp3) is 0.250. The number of anilines is 1. The standard InChI is InChI=1S/C16H18N2O3/c1-21-10-9-12-5-2-3-7-14(12)17-11-13-6-4-8-15(18-13)16(19)20/h2-8,17H,9-11H2,1H3,(H,19,20). The molecule has 0 saturated heterocycles. The molecule has 0 aliphatic carbocycles. The maximum absolute atomic E-state index is 10.9. The monoisotopic (exact) mass is 286 g/mol. The Kier molecular flexibility index (Phi) is 5.29. The minimum absolute atomic E-state index is 0.0574. The van der Waals surface area contributed by atoms with E-state index >= 15 is 0 Å². The van der Waals surface area contributed by atoms with E-state index in [1.165, 1.54) is 6.07 Å². The summed E-state index contributed by atoms with van der Waals surface area (Å²) in [5.41, 5.74) is 2.92. The number of nitrogens with one attached hydrogen (secondary N) is 1. The molecule has 2 N–H and O–H groups in total. The lowest BCUT2D eigenvalue weighted by molar-refractivity contribution is 0.0690. The van der Waals surface area contributed by atoms with Gasteiger partial charge in [0.1, 0.15) is 5.69 Å². The zero-order chi connectivity index (χ0) is 15.1. The number of hydrogen-bond donors (Lipinski definition) is 2. The molecule has 21 heavy (non-hydrogen) atoms. The Balaban J connectivity index is 2.06. The van der Waals surface area contributed by atoms with E-state index < -0.39 is 5.97 Å². The molecule has 0 atom stereocenters. The number of para-hydroxylation sites is 1. The molecule has 0 bridgehead atoms. The molecule has 0 aliphatic rings. The molecule has 2 rings (SSSR count). The third kappa shape index (κ3) is 4.29. The molecule has 0 fully saturated rings.